The van der Waals surface area contributed by atoms with E-state index in [0.717, 1.165) is 29.8 Å². The first-order chi connectivity index (χ1) is 8.61. The molecule has 3 N–H and O–H groups in total. The lowest BCUT2D eigenvalue weighted by Gasteiger charge is -2.20. The molecule has 1 atom stereocenters. The zero-order chi connectivity index (χ0) is 13.1. The molecule has 1 aliphatic rings. The predicted molar refractivity (Wildman–Crippen MR) is 76.9 cm³/mol. The molecular weight excluding hydrogens is 294 g/mol. The van der Waals surface area contributed by atoms with Crippen LogP contribution in [0.1, 0.15) is 16.8 Å². The monoisotopic (exact) mass is 311 g/mol. The van der Waals surface area contributed by atoms with Crippen LogP contribution in [0.4, 0.5) is 5.69 Å². The van der Waals surface area contributed by atoms with E-state index in [4.69, 9.17) is 5.73 Å². The minimum atomic E-state index is -0.392. The Morgan fingerprint density at radius 3 is 3.00 bits per heavy atom. The second-order valence-corrected chi connectivity index (χ2v) is 5.54. The van der Waals surface area contributed by atoms with Crippen LogP contribution >= 0.6 is 15.9 Å². The SMILES string of the molecule is CNCC1CCN(c2ccc(C(N)=O)cc2Br)C1. The number of nitrogens with two attached hydrogens (primary N) is 1. The molecule has 0 saturated carbocycles. The van der Waals surface area contributed by atoms with Crippen LogP contribution in [0.15, 0.2) is 22.7 Å². The van der Waals surface area contributed by atoms with Crippen molar-refractivity contribution in [3.05, 3.63) is 28.2 Å². The van der Waals surface area contributed by atoms with Crippen molar-refractivity contribution in [2.75, 3.05) is 31.6 Å². The van der Waals surface area contributed by atoms with Crippen molar-refractivity contribution in [1.82, 2.24) is 5.32 Å². The molecule has 18 heavy (non-hydrogen) atoms. The number of rotatable bonds is 4. The predicted octanol–water partition coefficient (Wildman–Crippen LogP) is 1.59. The lowest BCUT2D eigenvalue weighted by atomic mass is 10.1. The second-order valence-electron chi connectivity index (χ2n) is 4.69. The van der Waals surface area contributed by atoms with E-state index in [1.165, 1.54) is 6.42 Å². The minimum Gasteiger partial charge on any atom is -0.370 e. The summed E-state index contributed by atoms with van der Waals surface area (Å²) >= 11 is 3.52. The molecular formula is C13H18BrN3O. The van der Waals surface area contributed by atoms with Crippen LogP contribution in [0.2, 0.25) is 0 Å². The number of amides is 1. The first-order valence-corrected chi connectivity index (χ1v) is 6.90. The summed E-state index contributed by atoms with van der Waals surface area (Å²) < 4.78 is 0.934. The quantitative estimate of drug-likeness (QED) is 0.888. The van der Waals surface area contributed by atoms with E-state index in [2.05, 4.69) is 26.1 Å². The summed E-state index contributed by atoms with van der Waals surface area (Å²) in [7, 11) is 1.99. The topological polar surface area (TPSA) is 58.4 Å². The molecule has 5 heteroatoms. The minimum absolute atomic E-state index is 0.392. The van der Waals surface area contributed by atoms with E-state index in [1.807, 2.05) is 13.1 Å². The van der Waals surface area contributed by atoms with E-state index in [1.54, 1.807) is 12.1 Å². The van der Waals surface area contributed by atoms with Gasteiger partial charge >= 0.3 is 0 Å². The number of hydrogen-bond acceptors (Lipinski definition) is 3. The molecule has 0 radical (unpaired) electrons. The van der Waals surface area contributed by atoms with Crippen LogP contribution in [-0.4, -0.2) is 32.6 Å². The van der Waals surface area contributed by atoms with E-state index < -0.39 is 5.91 Å². The smallest absolute Gasteiger partial charge is 0.248 e. The molecule has 1 aliphatic heterocycles. The van der Waals surface area contributed by atoms with E-state index >= 15 is 0 Å². The summed E-state index contributed by atoms with van der Waals surface area (Å²) in [5.74, 6) is 0.300. The lowest BCUT2D eigenvalue weighted by Crippen LogP contribution is -2.24. The molecule has 0 spiro atoms. The van der Waals surface area contributed by atoms with Gasteiger partial charge in [-0.1, -0.05) is 0 Å². The molecule has 1 unspecified atom stereocenters. The summed E-state index contributed by atoms with van der Waals surface area (Å²) in [5.41, 5.74) is 6.94. The number of nitrogens with one attached hydrogen (secondary N) is 1. The summed E-state index contributed by atoms with van der Waals surface area (Å²) in [6.45, 7) is 3.16. The maximum Gasteiger partial charge on any atom is 0.248 e. The van der Waals surface area contributed by atoms with Gasteiger partial charge < -0.3 is 16.0 Å². The Bertz CT molecular complexity index is 450. The van der Waals surface area contributed by atoms with E-state index in [0.29, 0.717) is 11.5 Å². The Kier molecular flexibility index (Phi) is 4.24. The highest BCUT2D eigenvalue weighted by molar-refractivity contribution is 9.10. The zero-order valence-electron chi connectivity index (χ0n) is 10.4. The molecule has 1 fully saturated rings. The number of hydrogen-bond donors (Lipinski definition) is 2. The summed E-state index contributed by atoms with van der Waals surface area (Å²) in [5, 5.41) is 3.22. The summed E-state index contributed by atoms with van der Waals surface area (Å²) in [6.07, 6.45) is 1.20. The Labute approximate surface area is 116 Å². The highest BCUT2D eigenvalue weighted by Crippen LogP contribution is 2.31. The fraction of sp³-hybridized carbons (Fsp3) is 0.462. The number of anilines is 1. The number of halogens is 1. The Hall–Kier alpha value is -1.07. The molecule has 98 valence electrons. The molecule has 1 saturated heterocycles. The van der Waals surface area contributed by atoms with Crippen LogP contribution in [0, 0.1) is 5.92 Å². The van der Waals surface area contributed by atoms with Gasteiger partial charge in [0, 0.05) is 23.1 Å². The van der Waals surface area contributed by atoms with E-state index in [9.17, 15) is 4.79 Å². The third-order valence-corrected chi connectivity index (χ3v) is 3.99. The van der Waals surface area contributed by atoms with Crippen molar-refractivity contribution >= 4 is 27.5 Å². The maximum atomic E-state index is 11.1. The van der Waals surface area contributed by atoms with Gasteiger partial charge in [0.1, 0.15) is 0 Å². The standard InChI is InChI=1S/C13H18BrN3O/c1-16-7-9-4-5-17(8-9)12-3-2-10(13(15)18)6-11(12)14/h2-3,6,9,16H,4-5,7-8H2,1H3,(H2,15,18). The lowest BCUT2D eigenvalue weighted by molar-refractivity contribution is 0.100. The number of nitrogens with zero attached hydrogens (tertiary/aromatic N) is 1. The van der Waals surface area contributed by atoms with Gasteiger partial charge in [0.15, 0.2) is 0 Å². The van der Waals surface area contributed by atoms with Gasteiger partial charge in [-0.15, -0.1) is 0 Å². The van der Waals surface area contributed by atoms with Gasteiger partial charge in [0.25, 0.3) is 0 Å². The summed E-state index contributed by atoms with van der Waals surface area (Å²) in [6, 6.07) is 5.54. The van der Waals surface area contributed by atoms with Gasteiger partial charge in [0.05, 0.1) is 5.69 Å². The molecule has 1 aromatic rings. The second kappa shape index (κ2) is 5.71. The fourth-order valence-electron chi connectivity index (χ4n) is 2.42. The largest absolute Gasteiger partial charge is 0.370 e. The molecule has 1 heterocycles. The first-order valence-electron chi connectivity index (χ1n) is 6.10. The summed E-state index contributed by atoms with van der Waals surface area (Å²) in [4.78, 5) is 13.4. The van der Waals surface area contributed by atoms with Crippen molar-refractivity contribution in [2.24, 2.45) is 11.7 Å². The fourth-order valence-corrected chi connectivity index (χ4v) is 3.05. The van der Waals surface area contributed by atoms with Gasteiger partial charge in [-0.25, -0.2) is 0 Å². The normalized spacial score (nSPS) is 19.2. The van der Waals surface area contributed by atoms with Crippen LogP contribution < -0.4 is 16.0 Å². The van der Waals surface area contributed by atoms with Gasteiger partial charge in [-0.3, -0.25) is 4.79 Å². The van der Waals surface area contributed by atoms with Crippen LogP contribution in [-0.2, 0) is 0 Å². The first kappa shape index (κ1) is 13.4. The molecule has 1 amide bonds. The average Bonchev–Trinajstić information content (AvgIpc) is 2.77. The maximum absolute atomic E-state index is 11.1. The molecule has 2 rings (SSSR count). The van der Waals surface area contributed by atoms with Gasteiger partial charge in [0.2, 0.25) is 5.91 Å². The van der Waals surface area contributed by atoms with Crippen molar-refractivity contribution in [2.45, 2.75) is 6.42 Å². The van der Waals surface area contributed by atoms with Gasteiger partial charge in [-0.2, -0.15) is 0 Å². The van der Waals surface area contributed by atoms with Crippen molar-refractivity contribution in [1.29, 1.82) is 0 Å². The number of primary amides is 1. The van der Waals surface area contributed by atoms with Crippen LogP contribution in [0.5, 0.6) is 0 Å². The Balaban J connectivity index is 2.12. The molecule has 0 aliphatic carbocycles. The number of carbonyl (C=O) groups excluding carboxylic acids is 1. The van der Waals surface area contributed by atoms with E-state index in [-0.39, 0.29) is 0 Å². The van der Waals surface area contributed by atoms with Crippen LogP contribution in [0.3, 0.4) is 0 Å². The zero-order valence-corrected chi connectivity index (χ0v) is 12.0. The van der Waals surface area contributed by atoms with Crippen molar-refractivity contribution in [3.63, 3.8) is 0 Å². The average molecular weight is 312 g/mol. The van der Waals surface area contributed by atoms with Gasteiger partial charge in [-0.05, 0) is 60.1 Å². The number of benzene rings is 1. The molecule has 4 nitrogen and oxygen atoms in total. The van der Waals surface area contributed by atoms with Crippen molar-refractivity contribution < 1.29 is 4.79 Å². The number of carbonyl (C=O) groups is 1. The molecule has 1 aromatic carbocycles. The highest BCUT2D eigenvalue weighted by atomic mass is 79.9. The van der Waals surface area contributed by atoms with Crippen molar-refractivity contribution in [3.8, 4) is 0 Å². The Morgan fingerprint density at radius 1 is 1.61 bits per heavy atom. The van der Waals surface area contributed by atoms with Crippen LogP contribution in [0.25, 0.3) is 0 Å². The highest BCUT2D eigenvalue weighted by Gasteiger charge is 2.23. The third kappa shape index (κ3) is 2.84. The molecule has 0 bridgehead atoms. The molecule has 0 aromatic heterocycles. The third-order valence-electron chi connectivity index (χ3n) is 3.35. The Morgan fingerprint density at radius 2 is 2.39 bits per heavy atom.